The molecule has 0 spiro atoms. The van der Waals surface area contributed by atoms with E-state index in [0.29, 0.717) is 17.0 Å². The molecule has 0 radical (unpaired) electrons. The van der Waals surface area contributed by atoms with E-state index in [9.17, 15) is 22.0 Å². The normalized spacial score (nSPS) is 12.7. The number of hydrogen-bond donors (Lipinski definition) is 2. The summed E-state index contributed by atoms with van der Waals surface area (Å²) in [4.78, 5) is 7.69. The minimum absolute atomic E-state index is 0.00445. The maximum absolute atomic E-state index is 14.2. The summed E-state index contributed by atoms with van der Waals surface area (Å²) in [5, 5.41) is 10.1. The van der Waals surface area contributed by atoms with E-state index in [1.165, 1.54) is 23.1 Å². The Balaban J connectivity index is 1.73. The van der Waals surface area contributed by atoms with Crippen molar-refractivity contribution in [2.75, 3.05) is 11.9 Å². The molecule has 1 aromatic carbocycles. The summed E-state index contributed by atoms with van der Waals surface area (Å²) in [7, 11) is 0. The molecule has 3 N–H and O–H groups in total. The van der Waals surface area contributed by atoms with Crippen LogP contribution in [0.5, 0.6) is 0 Å². The molecular weight excluding hydrogens is 449 g/mol. The van der Waals surface area contributed by atoms with Crippen molar-refractivity contribution in [3.63, 3.8) is 0 Å². The number of benzene rings is 1. The van der Waals surface area contributed by atoms with Crippen LogP contribution in [0.1, 0.15) is 5.56 Å². The number of nitrogens with zero attached hydrogens (tertiary/aromatic N) is 5. The lowest BCUT2D eigenvalue weighted by Crippen LogP contribution is -2.42. The summed E-state index contributed by atoms with van der Waals surface area (Å²) >= 11 is 0. The Hall–Kier alpha value is -3.87. The molecule has 0 bridgehead atoms. The highest BCUT2D eigenvalue weighted by atomic mass is 19.4. The van der Waals surface area contributed by atoms with Gasteiger partial charge >= 0.3 is 6.18 Å². The lowest BCUT2D eigenvalue weighted by atomic mass is 10.2. The zero-order valence-corrected chi connectivity index (χ0v) is 16.7. The van der Waals surface area contributed by atoms with Crippen LogP contribution in [0.25, 0.3) is 22.9 Å². The van der Waals surface area contributed by atoms with Crippen molar-refractivity contribution in [1.82, 2.24) is 24.9 Å². The third kappa shape index (κ3) is 4.82. The lowest BCUT2D eigenvalue weighted by molar-refractivity contribution is -0.140. The molecule has 4 aromatic rings. The van der Waals surface area contributed by atoms with Crippen LogP contribution in [-0.2, 0) is 6.54 Å². The number of halogens is 5. The average molecular weight is 465 g/mol. The predicted molar refractivity (Wildman–Crippen MR) is 107 cm³/mol. The molecule has 1 unspecified atom stereocenters. The summed E-state index contributed by atoms with van der Waals surface area (Å²) in [6.07, 6.45) is -2.66. The van der Waals surface area contributed by atoms with Crippen molar-refractivity contribution in [1.29, 1.82) is 0 Å². The molecule has 0 saturated heterocycles. The third-order valence-electron chi connectivity index (χ3n) is 4.67. The zero-order valence-electron chi connectivity index (χ0n) is 16.7. The summed E-state index contributed by atoms with van der Waals surface area (Å²) in [5.41, 5.74) is 6.36. The number of alkyl halides is 3. The van der Waals surface area contributed by atoms with Gasteiger partial charge in [0.15, 0.2) is 17.5 Å². The molecule has 33 heavy (non-hydrogen) atoms. The van der Waals surface area contributed by atoms with Crippen molar-refractivity contribution in [3.05, 3.63) is 66.1 Å². The maximum atomic E-state index is 14.2. The number of aromatic nitrogens is 5. The first-order valence-electron chi connectivity index (χ1n) is 9.54. The molecule has 0 aliphatic rings. The van der Waals surface area contributed by atoms with Crippen molar-refractivity contribution >= 4 is 5.82 Å². The number of anilines is 1. The van der Waals surface area contributed by atoms with Gasteiger partial charge < -0.3 is 15.6 Å². The van der Waals surface area contributed by atoms with E-state index in [2.05, 4.69) is 20.2 Å². The van der Waals surface area contributed by atoms with Gasteiger partial charge in [-0.25, -0.2) is 18.7 Å². The van der Waals surface area contributed by atoms with E-state index in [1.807, 2.05) is 5.32 Å². The Morgan fingerprint density at radius 1 is 1.09 bits per heavy atom. The van der Waals surface area contributed by atoms with Gasteiger partial charge in [0.05, 0.1) is 18.4 Å². The topological polar surface area (TPSA) is 108 Å². The molecule has 0 aliphatic carbocycles. The Morgan fingerprint density at radius 2 is 1.88 bits per heavy atom. The average Bonchev–Trinajstić information content (AvgIpc) is 3.44. The molecule has 0 aliphatic heterocycles. The van der Waals surface area contributed by atoms with Crippen molar-refractivity contribution in [2.45, 2.75) is 18.8 Å². The van der Waals surface area contributed by atoms with E-state index < -0.39 is 36.2 Å². The van der Waals surface area contributed by atoms with Gasteiger partial charge in [-0.3, -0.25) is 4.68 Å². The molecule has 0 amide bonds. The van der Waals surface area contributed by atoms with Gasteiger partial charge in [0, 0.05) is 18.2 Å². The minimum atomic E-state index is -4.71. The van der Waals surface area contributed by atoms with Gasteiger partial charge in [0.1, 0.15) is 29.5 Å². The van der Waals surface area contributed by atoms with Crippen LogP contribution in [0, 0.1) is 11.6 Å². The van der Waals surface area contributed by atoms with E-state index in [4.69, 9.17) is 10.3 Å². The molecule has 3 aromatic heterocycles. The second-order valence-corrected chi connectivity index (χ2v) is 6.91. The van der Waals surface area contributed by atoms with Crippen LogP contribution >= 0.6 is 0 Å². The summed E-state index contributed by atoms with van der Waals surface area (Å²) in [6.45, 7) is -0.819. The highest BCUT2D eigenvalue weighted by Crippen LogP contribution is 2.27. The highest BCUT2D eigenvalue weighted by molar-refractivity contribution is 5.63. The maximum Gasteiger partial charge on any atom is 0.409 e. The largest absolute Gasteiger partial charge is 0.409 e. The third-order valence-corrected chi connectivity index (χ3v) is 4.67. The first kappa shape index (κ1) is 22.3. The number of nitrogens with two attached hydrogens (primary N) is 1. The molecular formula is C20H16F5N7O. The fourth-order valence-electron chi connectivity index (χ4n) is 3.02. The van der Waals surface area contributed by atoms with E-state index in [0.717, 1.165) is 6.20 Å². The summed E-state index contributed by atoms with van der Waals surface area (Å²) in [6, 6.07) is 6.90. The Labute approximate surface area is 183 Å². The second-order valence-electron chi connectivity index (χ2n) is 6.91. The SMILES string of the molecule is NCC(Nc1nc(-c2cc(-c3ccon3)n(Cc3ccccc3F)n2)ncc1F)C(F)(F)F. The van der Waals surface area contributed by atoms with Gasteiger partial charge in [-0.05, 0) is 12.1 Å². The lowest BCUT2D eigenvalue weighted by Gasteiger charge is -2.20. The van der Waals surface area contributed by atoms with E-state index >= 15 is 0 Å². The highest BCUT2D eigenvalue weighted by Gasteiger charge is 2.39. The fraction of sp³-hybridized carbons (Fsp3) is 0.200. The molecule has 13 heteroatoms. The number of rotatable bonds is 7. The molecule has 172 valence electrons. The van der Waals surface area contributed by atoms with Crippen molar-refractivity contribution in [3.8, 4) is 22.9 Å². The van der Waals surface area contributed by atoms with Crippen molar-refractivity contribution in [2.24, 2.45) is 5.73 Å². The molecule has 0 fully saturated rings. The smallest absolute Gasteiger partial charge is 0.364 e. The van der Waals surface area contributed by atoms with Crippen LogP contribution in [0.2, 0.25) is 0 Å². The van der Waals surface area contributed by atoms with Crippen molar-refractivity contribution < 1.29 is 26.5 Å². The van der Waals surface area contributed by atoms with Crippen LogP contribution in [-0.4, -0.2) is 43.7 Å². The van der Waals surface area contributed by atoms with Gasteiger partial charge in [-0.15, -0.1) is 0 Å². The van der Waals surface area contributed by atoms with Gasteiger partial charge in [-0.1, -0.05) is 23.4 Å². The second kappa shape index (κ2) is 8.94. The Morgan fingerprint density at radius 3 is 2.55 bits per heavy atom. The van der Waals surface area contributed by atoms with Crippen LogP contribution in [0.15, 0.2) is 53.4 Å². The molecule has 3 heterocycles. The predicted octanol–water partition coefficient (Wildman–Crippen LogP) is 3.62. The Kier molecular flexibility index (Phi) is 6.05. The minimum Gasteiger partial charge on any atom is -0.364 e. The Bertz CT molecular complexity index is 1240. The monoisotopic (exact) mass is 465 g/mol. The van der Waals surface area contributed by atoms with E-state index in [1.54, 1.807) is 24.3 Å². The fourth-order valence-corrected chi connectivity index (χ4v) is 3.02. The number of hydrogen-bond acceptors (Lipinski definition) is 7. The standard InChI is InChI=1S/C20H16F5N7O/c21-12-4-2-1-3-11(12)10-32-16(14-5-6-33-31-14)7-15(30-32)19-27-9-13(22)18(29-19)28-17(8-26)20(23,24)25/h1-7,9,17H,8,10,26H2,(H,27,28,29). The van der Waals surface area contributed by atoms with Gasteiger partial charge in [-0.2, -0.15) is 18.3 Å². The zero-order chi connectivity index (χ0) is 23.6. The van der Waals surface area contributed by atoms with Crippen LogP contribution < -0.4 is 11.1 Å². The van der Waals surface area contributed by atoms with E-state index in [-0.39, 0.29) is 18.1 Å². The molecule has 4 rings (SSSR count). The van der Waals surface area contributed by atoms with Gasteiger partial charge in [0.25, 0.3) is 0 Å². The quantitative estimate of drug-likeness (QED) is 0.402. The first-order chi connectivity index (χ1) is 15.8. The van der Waals surface area contributed by atoms with Crippen LogP contribution in [0.4, 0.5) is 27.8 Å². The summed E-state index contributed by atoms with van der Waals surface area (Å²) < 4.78 is 73.7. The van der Waals surface area contributed by atoms with Gasteiger partial charge in [0.2, 0.25) is 0 Å². The number of nitrogens with one attached hydrogen (secondary N) is 1. The molecule has 8 nitrogen and oxygen atoms in total. The first-order valence-corrected chi connectivity index (χ1v) is 9.54. The molecule has 1 atom stereocenters. The summed E-state index contributed by atoms with van der Waals surface area (Å²) in [5.74, 6) is -2.39. The van der Waals surface area contributed by atoms with Crippen LogP contribution in [0.3, 0.4) is 0 Å². The molecule has 0 saturated carbocycles.